The Kier molecular flexibility index (Phi) is 3.39. The minimum absolute atomic E-state index is 0.336. The Labute approximate surface area is 77.4 Å². The van der Waals surface area contributed by atoms with E-state index in [0.29, 0.717) is 26.3 Å². The quantitative estimate of drug-likeness (QED) is 0.725. The largest absolute Gasteiger partial charge is 0.379 e. The zero-order chi connectivity index (χ0) is 9.19. The van der Waals surface area contributed by atoms with Gasteiger partial charge in [0.05, 0.1) is 13.2 Å². The van der Waals surface area contributed by atoms with E-state index in [4.69, 9.17) is 9.84 Å². The van der Waals surface area contributed by atoms with Crippen molar-refractivity contribution in [1.29, 1.82) is 0 Å². The van der Waals surface area contributed by atoms with Crippen LogP contribution in [0.15, 0.2) is 0 Å². The average Bonchev–Trinajstić information content (AvgIpc) is 2.03. The lowest BCUT2D eigenvalue weighted by molar-refractivity contribution is -0.140. The zero-order valence-corrected chi connectivity index (χ0v) is 7.93. The minimum Gasteiger partial charge on any atom is -0.379 e. The maximum Gasteiger partial charge on any atom is 0.339 e. The van der Waals surface area contributed by atoms with Gasteiger partial charge in [-0.1, -0.05) is 0 Å². The molecule has 0 radical (unpaired) electrons. The van der Waals surface area contributed by atoms with Crippen LogP contribution >= 0.6 is 15.9 Å². The van der Waals surface area contributed by atoms with E-state index in [1.54, 1.807) is 0 Å². The molecule has 1 heterocycles. The second-order valence-corrected chi connectivity index (χ2v) is 3.62. The van der Waals surface area contributed by atoms with Gasteiger partial charge in [-0.25, -0.2) is 0 Å². The molecule has 0 amide bonds. The Balaban J connectivity index is 2.45. The van der Waals surface area contributed by atoms with Crippen LogP contribution in [0, 0.1) is 0 Å². The van der Waals surface area contributed by atoms with E-state index in [-0.39, 0.29) is 0 Å². The smallest absolute Gasteiger partial charge is 0.339 e. The number of halogens is 3. The molecular weight excluding hydrogens is 236 g/mol. The van der Waals surface area contributed by atoms with Crippen molar-refractivity contribution in [1.82, 2.24) is 4.90 Å². The van der Waals surface area contributed by atoms with Gasteiger partial charge in [0.15, 0.2) is 6.23 Å². The fourth-order valence-corrected chi connectivity index (χ4v) is 1.32. The van der Waals surface area contributed by atoms with Gasteiger partial charge >= 0.3 is 4.83 Å². The van der Waals surface area contributed by atoms with Gasteiger partial charge in [0.25, 0.3) is 0 Å². The van der Waals surface area contributed by atoms with E-state index in [9.17, 15) is 8.78 Å². The molecule has 1 saturated heterocycles. The van der Waals surface area contributed by atoms with Crippen molar-refractivity contribution < 1.29 is 18.6 Å². The Morgan fingerprint density at radius 3 is 2.33 bits per heavy atom. The number of ether oxygens (including phenoxy) is 1. The molecule has 6 heteroatoms. The van der Waals surface area contributed by atoms with Gasteiger partial charge in [-0.3, -0.25) is 4.90 Å². The van der Waals surface area contributed by atoms with Gasteiger partial charge in [0.1, 0.15) is 0 Å². The monoisotopic (exact) mass is 245 g/mol. The van der Waals surface area contributed by atoms with Crippen molar-refractivity contribution in [2.24, 2.45) is 0 Å². The number of aliphatic hydroxyl groups excluding tert-OH is 1. The van der Waals surface area contributed by atoms with E-state index in [0.717, 1.165) is 0 Å². The predicted octanol–water partition coefficient (Wildman–Crippen LogP) is 0.625. The van der Waals surface area contributed by atoms with Crippen LogP contribution in [0.2, 0.25) is 0 Å². The molecule has 0 saturated carbocycles. The molecule has 1 atom stereocenters. The molecule has 0 spiro atoms. The maximum absolute atomic E-state index is 12.5. The highest BCUT2D eigenvalue weighted by atomic mass is 79.9. The first-order chi connectivity index (χ1) is 5.52. The third-order valence-corrected chi connectivity index (χ3v) is 2.09. The maximum atomic E-state index is 12.5. The molecule has 1 unspecified atom stereocenters. The molecule has 1 fully saturated rings. The summed E-state index contributed by atoms with van der Waals surface area (Å²) in [6.07, 6.45) is -1.76. The molecule has 0 aromatic heterocycles. The number of rotatable bonds is 2. The summed E-state index contributed by atoms with van der Waals surface area (Å²) in [4.78, 5) is -1.97. The topological polar surface area (TPSA) is 32.7 Å². The molecule has 12 heavy (non-hydrogen) atoms. The van der Waals surface area contributed by atoms with Crippen molar-refractivity contribution in [2.45, 2.75) is 11.1 Å². The molecule has 1 aliphatic rings. The zero-order valence-electron chi connectivity index (χ0n) is 6.34. The van der Waals surface area contributed by atoms with Gasteiger partial charge in [0, 0.05) is 13.1 Å². The Bertz CT molecular complexity index is 147. The van der Waals surface area contributed by atoms with Crippen LogP contribution < -0.4 is 0 Å². The van der Waals surface area contributed by atoms with Crippen LogP contribution in [-0.4, -0.2) is 47.4 Å². The van der Waals surface area contributed by atoms with E-state index in [1.807, 2.05) is 0 Å². The summed E-state index contributed by atoms with van der Waals surface area (Å²) >= 11 is 2.11. The van der Waals surface area contributed by atoms with Gasteiger partial charge < -0.3 is 9.84 Å². The lowest BCUT2D eigenvalue weighted by Crippen LogP contribution is -2.49. The third-order valence-electron chi connectivity index (χ3n) is 1.68. The summed E-state index contributed by atoms with van der Waals surface area (Å²) in [5.41, 5.74) is 0. The Hall–Kier alpha value is 0.220. The van der Waals surface area contributed by atoms with Crippen LogP contribution in [-0.2, 0) is 4.74 Å². The van der Waals surface area contributed by atoms with E-state index < -0.39 is 11.1 Å². The van der Waals surface area contributed by atoms with Crippen molar-refractivity contribution in [3.8, 4) is 0 Å². The highest BCUT2D eigenvalue weighted by molar-refractivity contribution is 9.10. The van der Waals surface area contributed by atoms with Crippen LogP contribution in [0.4, 0.5) is 8.78 Å². The third kappa shape index (κ3) is 2.62. The number of morpholine rings is 1. The molecule has 3 nitrogen and oxygen atoms in total. The van der Waals surface area contributed by atoms with Gasteiger partial charge in [-0.2, -0.15) is 8.78 Å². The fourth-order valence-electron chi connectivity index (χ4n) is 1.03. The summed E-state index contributed by atoms with van der Waals surface area (Å²) < 4.78 is 29.9. The summed E-state index contributed by atoms with van der Waals surface area (Å²) in [7, 11) is 0. The number of aliphatic hydroxyl groups is 1. The Morgan fingerprint density at radius 1 is 1.42 bits per heavy atom. The van der Waals surface area contributed by atoms with Gasteiger partial charge in [-0.05, 0) is 15.9 Å². The molecule has 1 rings (SSSR count). The standard InChI is InChI=1S/C6H10BrF2NO2/c7-6(8,9)5(11)10-1-3-12-4-2-10/h5,11H,1-4H2. The van der Waals surface area contributed by atoms with Crippen molar-refractivity contribution in [2.75, 3.05) is 26.3 Å². The van der Waals surface area contributed by atoms with Crippen LogP contribution in [0.5, 0.6) is 0 Å². The second kappa shape index (κ2) is 3.95. The number of hydrogen-bond acceptors (Lipinski definition) is 3. The first-order valence-electron chi connectivity index (χ1n) is 3.58. The molecule has 0 aliphatic carbocycles. The SMILES string of the molecule is OC(N1CCOCC1)C(F)(F)Br. The van der Waals surface area contributed by atoms with E-state index in [2.05, 4.69) is 15.9 Å². The van der Waals surface area contributed by atoms with E-state index >= 15 is 0 Å². The average molecular weight is 246 g/mol. The molecule has 72 valence electrons. The van der Waals surface area contributed by atoms with Gasteiger partial charge in [0.2, 0.25) is 0 Å². The molecule has 1 N–H and O–H groups in total. The lowest BCUT2D eigenvalue weighted by Gasteiger charge is -2.32. The summed E-state index contributed by atoms with van der Waals surface area (Å²) in [6, 6.07) is 0. The molecular formula is C6H10BrF2NO2. The van der Waals surface area contributed by atoms with Crippen LogP contribution in [0.3, 0.4) is 0 Å². The number of hydrogen-bond donors (Lipinski definition) is 1. The predicted molar refractivity (Wildman–Crippen MR) is 42.3 cm³/mol. The van der Waals surface area contributed by atoms with Crippen molar-refractivity contribution >= 4 is 15.9 Å². The summed E-state index contributed by atoms with van der Waals surface area (Å²) in [5.74, 6) is 0. The van der Waals surface area contributed by atoms with Gasteiger partial charge in [-0.15, -0.1) is 0 Å². The first-order valence-corrected chi connectivity index (χ1v) is 4.37. The van der Waals surface area contributed by atoms with Crippen molar-refractivity contribution in [3.63, 3.8) is 0 Å². The molecule has 0 aromatic carbocycles. The van der Waals surface area contributed by atoms with E-state index in [1.165, 1.54) is 4.90 Å². The van der Waals surface area contributed by atoms with Crippen LogP contribution in [0.1, 0.15) is 0 Å². The Morgan fingerprint density at radius 2 is 1.92 bits per heavy atom. The minimum atomic E-state index is -3.25. The molecule has 0 aromatic rings. The highest BCUT2D eigenvalue weighted by Gasteiger charge is 2.39. The fraction of sp³-hybridized carbons (Fsp3) is 1.00. The van der Waals surface area contributed by atoms with Crippen LogP contribution in [0.25, 0.3) is 0 Å². The van der Waals surface area contributed by atoms with Crippen molar-refractivity contribution in [3.05, 3.63) is 0 Å². The number of nitrogens with zero attached hydrogens (tertiary/aromatic N) is 1. The lowest BCUT2D eigenvalue weighted by atomic mass is 10.4. The molecule has 0 bridgehead atoms. The summed E-state index contributed by atoms with van der Waals surface area (Å²) in [6.45, 7) is 1.45. The summed E-state index contributed by atoms with van der Waals surface area (Å²) in [5, 5.41) is 9.08. The normalized spacial score (nSPS) is 24.0. The first kappa shape index (κ1) is 10.3. The second-order valence-electron chi connectivity index (χ2n) is 2.56. The highest BCUT2D eigenvalue weighted by Crippen LogP contribution is 2.28. The number of alkyl halides is 3. The molecule has 1 aliphatic heterocycles.